The monoisotopic (exact) mass is 348 g/mol. The summed E-state index contributed by atoms with van der Waals surface area (Å²) in [5.41, 5.74) is 1.02. The summed E-state index contributed by atoms with van der Waals surface area (Å²) in [6, 6.07) is 9.62. The zero-order chi connectivity index (χ0) is 16.4. The van der Waals surface area contributed by atoms with Crippen LogP contribution < -0.4 is 0 Å². The normalized spacial score (nSPS) is 15.0. The van der Waals surface area contributed by atoms with Crippen molar-refractivity contribution in [3.05, 3.63) is 35.9 Å². The lowest BCUT2D eigenvalue weighted by atomic mass is 10.2. The Bertz CT molecular complexity index is 493. The highest BCUT2D eigenvalue weighted by atomic mass is 31.2. The fourth-order valence-corrected chi connectivity index (χ4v) is 3.26. The minimum absolute atomic E-state index is 0.0487. The third-order valence-corrected chi connectivity index (χ3v) is 5.37. The molecular weight excluding hydrogens is 326 g/mol. The van der Waals surface area contributed by atoms with E-state index in [0.29, 0.717) is 6.61 Å². The Balaban J connectivity index is 2.39. The highest BCUT2D eigenvalue weighted by Crippen LogP contribution is 2.51. The molecule has 0 N–H and O–H groups in total. The molecule has 0 spiro atoms. The third-order valence-electron chi connectivity index (χ3n) is 2.72. The van der Waals surface area contributed by atoms with Gasteiger partial charge < -0.3 is 9.47 Å². The lowest BCUT2D eigenvalue weighted by Crippen LogP contribution is -2.23. The third kappa shape index (κ3) is 6.99. The number of hydrogen-bond acceptors (Lipinski definition) is 6. The number of carbonyl (C=O) groups excluding carboxylic acids is 1. The van der Waals surface area contributed by atoms with Gasteiger partial charge in [-0.1, -0.05) is 30.3 Å². The largest absolute Gasteiger partial charge is 0.464 e. The molecule has 0 aliphatic carbocycles. The van der Waals surface area contributed by atoms with Crippen molar-refractivity contribution >= 4 is 23.0 Å². The van der Waals surface area contributed by atoms with Crippen LogP contribution in [0.4, 0.5) is 0 Å². The van der Waals surface area contributed by atoms with Gasteiger partial charge in [-0.25, -0.2) is 4.79 Å². The first-order chi connectivity index (χ1) is 10.5. The summed E-state index contributed by atoms with van der Waals surface area (Å²) in [5, 5.41) is 0. The van der Waals surface area contributed by atoms with Crippen LogP contribution in [0.25, 0.3) is 0 Å². The Kier molecular flexibility index (Phi) is 8.84. The van der Waals surface area contributed by atoms with Gasteiger partial charge >= 0.3 is 13.6 Å². The molecule has 3 atom stereocenters. The van der Waals surface area contributed by atoms with Gasteiger partial charge in [0.25, 0.3) is 0 Å². The number of carbonyl (C=O) groups is 1. The van der Waals surface area contributed by atoms with Crippen molar-refractivity contribution in [1.82, 2.24) is 0 Å². The molecule has 6 nitrogen and oxygen atoms in total. The first-order valence-corrected chi connectivity index (χ1v) is 9.15. The van der Waals surface area contributed by atoms with Crippen LogP contribution in [0.2, 0.25) is 0 Å². The Morgan fingerprint density at radius 1 is 1.32 bits per heavy atom. The van der Waals surface area contributed by atoms with Crippen LogP contribution in [0, 0.1) is 0 Å². The molecule has 0 saturated heterocycles. The number of rotatable bonds is 10. The zero-order valence-electron chi connectivity index (χ0n) is 12.8. The summed E-state index contributed by atoms with van der Waals surface area (Å²) in [4.78, 5) is 11.5. The van der Waals surface area contributed by atoms with Gasteiger partial charge in [0.15, 0.2) is 6.10 Å². The van der Waals surface area contributed by atoms with Crippen LogP contribution in [0.1, 0.15) is 19.4 Å². The predicted molar refractivity (Wildman–Crippen MR) is 86.5 cm³/mol. The van der Waals surface area contributed by atoms with Crippen molar-refractivity contribution in [1.29, 1.82) is 0 Å². The van der Waals surface area contributed by atoms with Crippen molar-refractivity contribution < 1.29 is 27.7 Å². The topological polar surface area (TPSA) is 71.1 Å². The molecule has 0 aliphatic rings. The van der Waals surface area contributed by atoms with Gasteiger partial charge in [0.2, 0.25) is 0 Å². The van der Waals surface area contributed by atoms with E-state index in [1.807, 2.05) is 39.8 Å². The second-order valence-electron chi connectivity index (χ2n) is 4.48. The van der Waals surface area contributed by atoms with Crippen molar-refractivity contribution in [3.8, 4) is 0 Å². The first-order valence-electron chi connectivity index (χ1n) is 6.95. The molecule has 0 amide bonds. The fourth-order valence-electron chi connectivity index (χ4n) is 1.61. The van der Waals surface area contributed by atoms with E-state index in [1.54, 1.807) is 6.92 Å². The van der Waals surface area contributed by atoms with Gasteiger partial charge in [0, 0.05) is 9.47 Å². The van der Waals surface area contributed by atoms with Gasteiger partial charge in [-0.05, 0) is 19.4 Å². The predicted octanol–water partition coefficient (Wildman–Crippen LogP) is 3.17. The summed E-state index contributed by atoms with van der Waals surface area (Å²) in [6.45, 7) is 3.99. The molecule has 0 saturated carbocycles. The van der Waals surface area contributed by atoms with Gasteiger partial charge in [-0.3, -0.25) is 13.4 Å². The molecule has 22 heavy (non-hydrogen) atoms. The Hall–Kier alpha value is -0.770. The SMILES string of the molecule is CCOC(=O)C(C)OP(=O)(CCOCc1ccccc1)OP. The van der Waals surface area contributed by atoms with Crippen LogP contribution >= 0.6 is 17.1 Å². The van der Waals surface area contributed by atoms with E-state index in [4.69, 9.17) is 18.3 Å². The first kappa shape index (κ1) is 19.3. The average Bonchev–Trinajstić information content (AvgIpc) is 2.53. The number of esters is 1. The van der Waals surface area contributed by atoms with Crippen molar-refractivity contribution in [3.63, 3.8) is 0 Å². The van der Waals surface area contributed by atoms with Crippen LogP contribution in [0.3, 0.4) is 0 Å². The second kappa shape index (κ2) is 10.1. The molecule has 0 bridgehead atoms. The van der Waals surface area contributed by atoms with Gasteiger partial charge in [-0.15, -0.1) is 0 Å². The molecular formula is C14H22O6P2. The lowest BCUT2D eigenvalue weighted by Gasteiger charge is -2.19. The molecule has 1 rings (SSSR count). The molecule has 124 valence electrons. The highest BCUT2D eigenvalue weighted by Gasteiger charge is 2.29. The maximum absolute atomic E-state index is 12.4. The average molecular weight is 348 g/mol. The van der Waals surface area contributed by atoms with Crippen LogP contribution in [0.15, 0.2) is 30.3 Å². The zero-order valence-corrected chi connectivity index (χ0v) is 14.8. The maximum Gasteiger partial charge on any atom is 0.336 e. The van der Waals surface area contributed by atoms with E-state index in [-0.39, 0.29) is 19.4 Å². The summed E-state index contributed by atoms with van der Waals surface area (Å²) < 4.78 is 32.7. The van der Waals surface area contributed by atoms with Gasteiger partial charge in [0.1, 0.15) is 0 Å². The molecule has 0 fully saturated rings. The van der Waals surface area contributed by atoms with Crippen molar-refractivity contribution in [2.75, 3.05) is 19.4 Å². The highest BCUT2D eigenvalue weighted by molar-refractivity contribution is 7.57. The Morgan fingerprint density at radius 3 is 2.59 bits per heavy atom. The molecule has 0 radical (unpaired) electrons. The molecule has 0 aromatic heterocycles. The molecule has 1 aromatic carbocycles. The number of benzene rings is 1. The van der Waals surface area contributed by atoms with E-state index in [1.165, 1.54) is 6.92 Å². The van der Waals surface area contributed by atoms with E-state index in [2.05, 4.69) is 0 Å². The van der Waals surface area contributed by atoms with Gasteiger partial charge in [0.05, 0.1) is 26.0 Å². The molecule has 0 aliphatic heterocycles. The minimum Gasteiger partial charge on any atom is -0.464 e. The molecule has 1 aromatic rings. The smallest absolute Gasteiger partial charge is 0.336 e. The molecule has 0 heterocycles. The summed E-state index contributed by atoms with van der Waals surface area (Å²) >= 11 is 0. The van der Waals surface area contributed by atoms with Crippen LogP contribution in [0.5, 0.6) is 0 Å². The Labute approximate surface area is 133 Å². The summed E-state index contributed by atoms with van der Waals surface area (Å²) in [5.74, 6) is -0.574. The lowest BCUT2D eigenvalue weighted by molar-refractivity contribution is -0.150. The standard InChI is InChI=1S/C14H22O6P2/c1-3-18-14(15)12(2)19-22(16,20-21)10-9-17-11-13-7-5-4-6-8-13/h4-8,12H,3,9-11,21H2,1-2H3. The number of hydrogen-bond donors (Lipinski definition) is 0. The van der Waals surface area contributed by atoms with E-state index in [0.717, 1.165) is 5.56 Å². The summed E-state index contributed by atoms with van der Waals surface area (Å²) in [6.07, 6.45) is -0.909. The quantitative estimate of drug-likeness (QED) is 0.367. The maximum atomic E-state index is 12.4. The van der Waals surface area contributed by atoms with E-state index in [9.17, 15) is 9.36 Å². The van der Waals surface area contributed by atoms with E-state index >= 15 is 0 Å². The van der Waals surface area contributed by atoms with Crippen LogP contribution in [-0.2, 0) is 34.3 Å². The Morgan fingerprint density at radius 2 is 2.00 bits per heavy atom. The summed E-state index contributed by atoms with van der Waals surface area (Å²) in [7, 11) is -1.51. The number of ether oxygens (including phenoxy) is 2. The fraction of sp³-hybridized carbons (Fsp3) is 0.500. The van der Waals surface area contributed by atoms with Crippen LogP contribution in [-0.4, -0.2) is 31.4 Å². The van der Waals surface area contributed by atoms with Gasteiger partial charge in [-0.2, -0.15) is 0 Å². The minimum atomic E-state index is -3.42. The molecule has 3 unspecified atom stereocenters. The second-order valence-corrected chi connectivity index (χ2v) is 7.20. The van der Waals surface area contributed by atoms with Crippen molar-refractivity contribution in [2.45, 2.75) is 26.6 Å². The molecule has 8 heteroatoms. The van der Waals surface area contributed by atoms with E-state index < -0.39 is 19.7 Å². The van der Waals surface area contributed by atoms with Crippen molar-refractivity contribution in [2.24, 2.45) is 0 Å².